The molecule has 19 heavy (non-hydrogen) atoms. The number of rotatable bonds is 6. The number of nitrogen functional groups attached to an aromatic ring is 1. The van der Waals surface area contributed by atoms with Crippen LogP contribution >= 0.6 is 0 Å². The molecule has 0 saturated carbocycles. The second-order valence-corrected chi connectivity index (χ2v) is 4.03. The molecule has 0 aliphatic heterocycles. The Hall–Kier alpha value is -1.95. The quantitative estimate of drug-likeness (QED) is 0.623. The fourth-order valence-corrected chi connectivity index (χ4v) is 1.75. The Balaban J connectivity index is 1.97. The van der Waals surface area contributed by atoms with Gasteiger partial charge >= 0.3 is 0 Å². The lowest BCUT2D eigenvalue weighted by Gasteiger charge is -2.10. The van der Waals surface area contributed by atoms with Crippen molar-refractivity contribution in [3.8, 4) is 0 Å². The number of fused-ring (bicyclic) bond motifs is 1. The van der Waals surface area contributed by atoms with Gasteiger partial charge in [-0.2, -0.15) is 0 Å². The predicted octanol–water partition coefficient (Wildman–Crippen LogP) is 2.51. The van der Waals surface area contributed by atoms with E-state index in [0.29, 0.717) is 12.2 Å². The third-order valence-electron chi connectivity index (χ3n) is 2.57. The number of hydrogen-bond donors (Lipinski definition) is 2. The Labute approximate surface area is 109 Å². The summed E-state index contributed by atoms with van der Waals surface area (Å²) < 4.78 is 28.5. The Kier molecular flexibility index (Phi) is 4.46. The molecule has 0 aliphatic carbocycles. The standard InChI is InChI=1S/C13H15F2N3O/c14-13(15)8-19-6-5-18-11-3-4-17-12-7-9(16)1-2-10(11)12/h1-4,7,13H,5-6,8,16H2,(H,17,18). The minimum Gasteiger partial charge on any atom is -0.399 e. The molecule has 102 valence electrons. The molecule has 0 saturated heterocycles. The fraction of sp³-hybridized carbons (Fsp3) is 0.308. The van der Waals surface area contributed by atoms with Crippen LogP contribution in [0.5, 0.6) is 0 Å². The molecule has 0 aliphatic rings. The molecule has 1 aromatic heterocycles. The second kappa shape index (κ2) is 6.29. The second-order valence-electron chi connectivity index (χ2n) is 4.03. The van der Waals surface area contributed by atoms with Gasteiger partial charge < -0.3 is 15.8 Å². The number of aromatic nitrogens is 1. The summed E-state index contributed by atoms with van der Waals surface area (Å²) >= 11 is 0. The highest BCUT2D eigenvalue weighted by atomic mass is 19.3. The lowest BCUT2D eigenvalue weighted by atomic mass is 10.1. The summed E-state index contributed by atoms with van der Waals surface area (Å²) in [4.78, 5) is 4.22. The van der Waals surface area contributed by atoms with Gasteiger partial charge in [0, 0.05) is 29.5 Å². The van der Waals surface area contributed by atoms with Crippen molar-refractivity contribution in [2.45, 2.75) is 6.43 Å². The normalized spacial score (nSPS) is 11.1. The molecule has 0 atom stereocenters. The Bertz CT molecular complexity index is 548. The van der Waals surface area contributed by atoms with Crippen molar-refractivity contribution < 1.29 is 13.5 Å². The van der Waals surface area contributed by atoms with E-state index in [2.05, 4.69) is 10.3 Å². The Morgan fingerprint density at radius 2 is 2.16 bits per heavy atom. The molecule has 1 heterocycles. The van der Waals surface area contributed by atoms with E-state index in [4.69, 9.17) is 10.5 Å². The van der Waals surface area contributed by atoms with Crippen LogP contribution in [0.1, 0.15) is 0 Å². The predicted molar refractivity (Wildman–Crippen MR) is 71.5 cm³/mol. The van der Waals surface area contributed by atoms with E-state index in [9.17, 15) is 8.78 Å². The summed E-state index contributed by atoms with van der Waals surface area (Å²) in [7, 11) is 0. The van der Waals surface area contributed by atoms with Crippen LogP contribution in [0, 0.1) is 0 Å². The van der Waals surface area contributed by atoms with E-state index in [1.165, 1.54) is 0 Å². The summed E-state index contributed by atoms with van der Waals surface area (Å²) in [6.45, 7) is 0.147. The van der Waals surface area contributed by atoms with Crippen LogP contribution in [-0.2, 0) is 4.74 Å². The first-order valence-electron chi connectivity index (χ1n) is 5.91. The van der Waals surface area contributed by atoms with Gasteiger partial charge in [0.15, 0.2) is 0 Å². The van der Waals surface area contributed by atoms with Gasteiger partial charge in [0.05, 0.1) is 12.1 Å². The first-order valence-corrected chi connectivity index (χ1v) is 5.91. The molecular weight excluding hydrogens is 252 g/mol. The molecule has 0 fully saturated rings. The molecule has 3 N–H and O–H groups in total. The largest absolute Gasteiger partial charge is 0.399 e. The van der Waals surface area contributed by atoms with Gasteiger partial charge in [0.2, 0.25) is 0 Å². The van der Waals surface area contributed by atoms with E-state index in [-0.39, 0.29) is 6.61 Å². The number of nitrogens with one attached hydrogen (secondary N) is 1. The van der Waals surface area contributed by atoms with Crippen molar-refractivity contribution in [3.63, 3.8) is 0 Å². The van der Waals surface area contributed by atoms with Crippen molar-refractivity contribution in [2.75, 3.05) is 30.8 Å². The molecule has 0 bridgehead atoms. The summed E-state index contributed by atoms with van der Waals surface area (Å²) in [6, 6.07) is 7.28. The lowest BCUT2D eigenvalue weighted by Crippen LogP contribution is -2.13. The number of ether oxygens (including phenoxy) is 1. The van der Waals surface area contributed by atoms with Gasteiger partial charge in [-0.15, -0.1) is 0 Å². The maximum atomic E-state index is 11.9. The number of alkyl halides is 2. The van der Waals surface area contributed by atoms with E-state index in [1.54, 1.807) is 18.3 Å². The zero-order valence-corrected chi connectivity index (χ0v) is 10.3. The third kappa shape index (κ3) is 3.75. The zero-order valence-electron chi connectivity index (χ0n) is 10.3. The van der Waals surface area contributed by atoms with Crippen LogP contribution in [0.25, 0.3) is 10.9 Å². The molecule has 1 aromatic carbocycles. The van der Waals surface area contributed by atoms with Crippen LogP contribution in [0.3, 0.4) is 0 Å². The molecule has 0 radical (unpaired) electrons. The minimum atomic E-state index is -2.43. The maximum Gasteiger partial charge on any atom is 0.261 e. The molecule has 0 spiro atoms. The summed E-state index contributed by atoms with van der Waals surface area (Å²) in [5, 5.41) is 4.07. The van der Waals surface area contributed by atoms with Crippen molar-refractivity contribution in [1.82, 2.24) is 4.98 Å². The number of halogens is 2. The molecule has 2 rings (SSSR count). The highest BCUT2D eigenvalue weighted by Crippen LogP contribution is 2.22. The van der Waals surface area contributed by atoms with Crippen LogP contribution < -0.4 is 11.1 Å². The van der Waals surface area contributed by atoms with E-state index in [1.807, 2.05) is 12.1 Å². The number of nitrogens with zero attached hydrogens (tertiary/aromatic N) is 1. The number of hydrogen-bond acceptors (Lipinski definition) is 4. The zero-order chi connectivity index (χ0) is 13.7. The van der Waals surface area contributed by atoms with E-state index in [0.717, 1.165) is 16.6 Å². The highest BCUT2D eigenvalue weighted by Gasteiger charge is 2.03. The summed E-state index contributed by atoms with van der Waals surface area (Å²) in [5.41, 5.74) is 8.01. The third-order valence-corrected chi connectivity index (χ3v) is 2.57. The van der Waals surface area contributed by atoms with Gasteiger partial charge in [0.25, 0.3) is 6.43 Å². The van der Waals surface area contributed by atoms with E-state index < -0.39 is 13.0 Å². The van der Waals surface area contributed by atoms with Gasteiger partial charge in [-0.3, -0.25) is 4.98 Å². The van der Waals surface area contributed by atoms with Gasteiger partial charge in [0.1, 0.15) is 6.61 Å². The smallest absolute Gasteiger partial charge is 0.261 e. The van der Waals surface area contributed by atoms with Crippen LogP contribution in [-0.4, -0.2) is 31.2 Å². The minimum absolute atomic E-state index is 0.225. The highest BCUT2D eigenvalue weighted by molar-refractivity contribution is 5.92. The van der Waals surface area contributed by atoms with Crippen molar-refractivity contribution in [2.24, 2.45) is 0 Å². The number of pyridine rings is 1. The average Bonchev–Trinajstić information content (AvgIpc) is 2.37. The number of anilines is 2. The van der Waals surface area contributed by atoms with Crippen LogP contribution in [0.15, 0.2) is 30.5 Å². The first kappa shape index (κ1) is 13.5. The first-order chi connectivity index (χ1) is 9.16. The molecule has 4 nitrogen and oxygen atoms in total. The average molecular weight is 267 g/mol. The van der Waals surface area contributed by atoms with Crippen LogP contribution in [0.4, 0.5) is 20.2 Å². The molecule has 6 heteroatoms. The molecule has 2 aromatic rings. The van der Waals surface area contributed by atoms with Crippen molar-refractivity contribution in [1.29, 1.82) is 0 Å². The van der Waals surface area contributed by atoms with E-state index >= 15 is 0 Å². The lowest BCUT2D eigenvalue weighted by molar-refractivity contribution is 0.0215. The van der Waals surface area contributed by atoms with Crippen LogP contribution in [0.2, 0.25) is 0 Å². The van der Waals surface area contributed by atoms with Gasteiger partial charge in [-0.25, -0.2) is 8.78 Å². The number of benzene rings is 1. The molecule has 0 unspecified atom stereocenters. The monoisotopic (exact) mass is 267 g/mol. The molecular formula is C13H15F2N3O. The molecule has 0 amide bonds. The maximum absolute atomic E-state index is 11.9. The Morgan fingerprint density at radius 3 is 2.95 bits per heavy atom. The van der Waals surface area contributed by atoms with Gasteiger partial charge in [-0.05, 0) is 24.3 Å². The fourth-order valence-electron chi connectivity index (χ4n) is 1.75. The SMILES string of the molecule is Nc1ccc2c(NCCOCC(F)F)ccnc2c1. The van der Waals surface area contributed by atoms with Crippen molar-refractivity contribution >= 4 is 22.3 Å². The van der Waals surface area contributed by atoms with Gasteiger partial charge in [-0.1, -0.05) is 0 Å². The number of nitrogens with two attached hydrogens (primary N) is 1. The van der Waals surface area contributed by atoms with Crippen molar-refractivity contribution in [3.05, 3.63) is 30.5 Å². The Morgan fingerprint density at radius 1 is 1.32 bits per heavy atom. The topological polar surface area (TPSA) is 60.2 Å². The summed E-state index contributed by atoms with van der Waals surface area (Å²) in [5.74, 6) is 0. The summed E-state index contributed by atoms with van der Waals surface area (Å²) in [6.07, 6.45) is -0.755.